The van der Waals surface area contributed by atoms with Crippen molar-refractivity contribution in [3.63, 3.8) is 0 Å². The monoisotopic (exact) mass is 409 g/mol. The average Bonchev–Trinajstić information content (AvgIpc) is 2.66. The maximum atomic E-state index is 13.8. The zero-order valence-corrected chi connectivity index (χ0v) is 17.0. The second-order valence-electron chi connectivity index (χ2n) is 6.34. The molecule has 1 atom stereocenters. The van der Waals surface area contributed by atoms with Gasteiger partial charge in [0.25, 0.3) is 0 Å². The van der Waals surface area contributed by atoms with E-state index in [-0.39, 0.29) is 17.2 Å². The number of benzene rings is 2. The molecule has 0 aromatic heterocycles. The molecule has 0 aliphatic carbocycles. The summed E-state index contributed by atoms with van der Waals surface area (Å²) >= 11 is 0. The first-order valence-electron chi connectivity index (χ1n) is 8.55. The minimum atomic E-state index is -3.62. The molecular weight excluding hydrogens is 385 g/mol. The van der Waals surface area contributed by atoms with E-state index in [1.807, 2.05) is 0 Å². The number of hydrogen-bond acceptors (Lipinski definition) is 4. The molecule has 0 spiro atoms. The van der Waals surface area contributed by atoms with Crippen LogP contribution in [-0.2, 0) is 16.6 Å². The number of rotatable bonds is 7. The highest BCUT2D eigenvalue weighted by molar-refractivity contribution is 7.89. The Morgan fingerprint density at radius 3 is 2.50 bits per heavy atom. The van der Waals surface area contributed by atoms with Gasteiger partial charge < -0.3 is 15.4 Å². The van der Waals surface area contributed by atoms with Gasteiger partial charge in [-0.1, -0.05) is 24.3 Å². The molecule has 2 amide bonds. The van der Waals surface area contributed by atoms with Crippen LogP contribution in [-0.4, -0.2) is 40.0 Å². The molecule has 7 nitrogen and oxygen atoms in total. The Hall–Kier alpha value is -2.65. The van der Waals surface area contributed by atoms with Gasteiger partial charge in [0, 0.05) is 20.6 Å². The molecule has 0 saturated heterocycles. The molecule has 0 saturated carbocycles. The molecule has 0 radical (unpaired) electrons. The van der Waals surface area contributed by atoms with E-state index < -0.39 is 27.9 Å². The first kappa shape index (κ1) is 21.6. The number of halogens is 1. The third-order valence-electron chi connectivity index (χ3n) is 4.19. The van der Waals surface area contributed by atoms with Crippen molar-refractivity contribution in [1.82, 2.24) is 14.9 Å². The smallest absolute Gasteiger partial charge is 0.315 e. The normalized spacial score (nSPS) is 12.5. The van der Waals surface area contributed by atoms with E-state index in [1.165, 1.54) is 39.4 Å². The van der Waals surface area contributed by atoms with Gasteiger partial charge in [0.15, 0.2) is 11.6 Å². The van der Waals surface area contributed by atoms with Crippen molar-refractivity contribution in [3.05, 3.63) is 59.4 Å². The van der Waals surface area contributed by atoms with Gasteiger partial charge in [-0.2, -0.15) is 0 Å². The number of methoxy groups -OCH3 is 1. The summed E-state index contributed by atoms with van der Waals surface area (Å²) in [7, 11) is 0.644. The molecule has 2 rings (SSSR count). The first-order chi connectivity index (χ1) is 13.2. The predicted octanol–water partition coefficient (Wildman–Crippen LogP) is 2.65. The Labute approximate surface area is 164 Å². The number of nitrogens with one attached hydrogen (secondary N) is 2. The summed E-state index contributed by atoms with van der Waals surface area (Å²) in [6.45, 7) is 1.74. The van der Waals surface area contributed by atoms with Crippen molar-refractivity contribution >= 4 is 16.1 Å². The van der Waals surface area contributed by atoms with E-state index >= 15 is 0 Å². The molecular formula is C19H24FN3O4S. The molecule has 0 aliphatic heterocycles. The second-order valence-corrected chi connectivity index (χ2v) is 8.46. The molecule has 28 heavy (non-hydrogen) atoms. The fourth-order valence-electron chi connectivity index (χ4n) is 2.56. The van der Waals surface area contributed by atoms with Crippen molar-refractivity contribution in [3.8, 4) is 5.75 Å². The molecule has 0 heterocycles. The zero-order valence-electron chi connectivity index (χ0n) is 16.2. The van der Waals surface area contributed by atoms with Gasteiger partial charge in [0.2, 0.25) is 10.0 Å². The van der Waals surface area contributed by atoms with E-state index in [9.17, 15) is 17.6 Å². The molecule has 0 unspecified atom stereocenters. The lowest BCUT2D eigenvalue weighted by Crippen LogP contribution is -2.37. The second kappa shape index (κ2) is 9.03. The minimum Gasteiger partial charge on any atom is -0.494 e. The number of carbonyl (C=O) groups excluding carboxylic acids is 1. The summed E-state index contributed by atoms with van der Waals surface area (Å²) in [4.78, 5) is 12.3. The maximum Gasteiger partial charge on any atom is 0.315 e. The number of sulfonamides is 1. The van der Waals surface area contributed by atoms with Gasteiger partial charge in [0.05, 0.1) is 18.0 Å². The van der Waals surface area contributed by atoms with Crippen LogP contribution in [0.4, 0.5) is 9.18 Å². The number of nitrogens with zero attached hydrogens (tertiary/aromatic N) is 1. The van der Waals surface area contributed by atoms with Crippen LogP contribution >= 0.6 is 0 Å². The third-order valence-corrected chi connectivity index (χ3v) is 6.11. The molecule has 2 aromatic rings. The van der Waals surface area contributed by atoms with Crippen molar-refractivity contribution in [2.24, 2.45) is 0 Å². The molecule has 0 aliphatic rings. The molecule has 2 aromatic carbocycles. The van der Waals surface area contributed by atoms with Gasteiger partial charge >= 0.3 is 6.03 Å². The van der Waals surface area contributed by atoms with Crippen LogP contribution in [0.3, 0.4) is 0 Å². The van der Waals surface area contributed by atoms with Crippen molar-refractivity contribution in [2.75, 3.05) is 21.2 Å². The van der Waals surface area contributed by atoms with Crippen LogP contribution in [0, 0.1) is 5.82 Å². The van der Waals surface area contributed by atoms with Crippen LogP contribution in [0.15, 0.2) is 47.4 Å². The van der Waals surface area contributed by atoms with Crippen LogP contribution in [0.5, 0.6) is 5.75 Å². The van der Waals surface area contributed by atoms with E-state index in [1.54, 1.807) is 31.2 Å². The number of carbonyl (C=O) groups is 1. The van der Waals surface area contributed by atoms with Crippen molar-refractivity contribution < 1.29 is 22.3 Å². The van der Waals surface area contributed by atoms with Crippen molar-refractivity contribution in [1.29, 1.82) is 0 Å². The van der Waals surface area contributed by atoms with Gasteiger partial charge in [-0.05, 0) is 36.2 Å². The summed E-state index contributed by atoms with van der Waals surface area (Å²) in [6, 6.07) is 9.94. The van der Waals surface area contributed by atoms with Gasteiger partial charge in [-0.15, -0.1) is 0 Å². The standard InChI is InChI=1S/C19H24FN3O4S/c1-13(14-9-10-17(27-4)16(20)11-14)22-19(24)21-12-15-7-5-6-8-18(15)28(25,26)23(2)3/h5-11,13H,12H2,1-4H3,(H2,21,22,24)/t13-/m0/s1. The van der Waals surface area contributed by atoms with E-state index in [4.69, 9.17) is 4.74 Å². The lowest BCUT2D eigenvalue weighted by molar-refractivity contribution is 0.237. The minimum absolute atomic E-state index is 0.0266. The topological polar surface area (TPSA) is 87.7 Å². The maximum absolute atomic E-state index is 13.8. The molecule has 0 bridgehead atoms. The van der Waals surface area contributed by atoms with Gasteiger partial charge in [0.1, 0.15) is 0 Å². The zero-order chi connectivity index (χ0) is 20.9. The largest absolute Gasteiger partial charge is 0.494 e. The predicted molar refractivity (Wildman–Crippen MR) is 104 cm³/mol. The highest BCUT2D eigenvalue weighted by Crippen LogP contribution is 2.22. The van der Waals surface area contributed by atoms with Crippen LogP contribution in [0.1, 0.15) is 24.1 Å². The Kier molecular flexibility index (Phi) is 6.98. The van der Waals surface area contributed by atoms with Crippen molar-refractivity contribution in [2.45, 2.75) is 24.4 Å². The Morgan fingerprint density at radius 2 is 1.89 bits per heavy atom. The van der Waals surface area contributed by atoms with E-state index in [0.717, 1.165) is 4.31 Å². The summed E-state index contributed by atoms with van der Waals surface area (Å²) in [5.41, 5.74) is 1.04. The van der Waals surface area contributed by atoms with E-state index in [0.29, 0.717) is 11.1 Å². The molecule has 152 valence electrons. The highest BCUT2D eigenvalue weighted by Gasteiger charge is 2.21. The highest BCUT2D eigenvalue weighted by atomic mass is 32.2. The van der Waals surface area contributed by atoms with Crippen LogP contribution in [0.2, 0.25) is 0 Å². The Bertz CT molecular complexity index is 948. The molecule has 9 heteroatoms. The quantitative estimate of drug-likeness (QED) is 0.736. The first-order valence-corrected chi connectivity index (χ1v) is 9.99. The van der Waals surface area contributed by atoms with Crippen LogP contribution in [0.25, 0.3) is 0 Å². The van der Waals surface area contributed by atoms with E-state index in [2.05, 4.69) is 10.6 Å². The Balaban J connectivity index is 2.04. The summed E-state index contributed by atoms with van der Waals surface area (Å²) in [5.74, 6) is -0.393. The van der Waals surface area contributed by atoms with Gasteiger partial charge in [-0.3, -0.25) is 0 Å². The molecule has 0 fully saturated rings. The Morgan fingerprint density at radius 1 is 1.21 bits per heavy atom. The third kappa shape index (κ3) is 4.99. The van der Waals surface area contributed by atoms with Gasteiger partial charge in [-0.25, -0.2) is 21.9 Å². The summed E-state index contributed by atoms with van der Waals surface area (Å²) < 4.78 is 44.6. The fraction of sp³-hybridized carbons (Fsp3) is 0.316. The SMILES string of the molecule is COc1ccc([C@H](C)NC(=O)NCc2ccccc2S(=O)(=O)N(C)C)cc1F. The average molecular weight is 409 g/mol. The number of urea groups is 1. The number of hydrogen-bond donors (Lipinski definition) is 2. The van der Waals surface area contributed by atoms with Crippen LogP contribution < -0.4 is 15.4 Å². The lowest BCUT2D eigenvalue weighted by Gasteiger charge is -2.18. The lowest BCUT2D eigenvalue weighted by atomic mass is 10.1. The number of amides is 2. The summed E-state index contributed by atoms with van der Waals surface area (Å²) in [6.07, 6.45) is 0. The summed E-state index contributed by atoms with van der Waals surface area (Å²) in [5, 5.41) is 5.33. The molecule has 2 N–H and O–H groups in total. The number of ether oxygens (including phenoxy) is 1. The fourth-order valence-corrected chi connectivity index (χ4v) is 3.67.